The van der Waals surface area contributed by atoms with E-state index in [1.54, 1.807) is 18.2 Å². The number of phenols is 1. The number of nitrogens with zero attached hydrogens (tertiary/aromatic N) is 1. The zero-order valence-electron chi connectivity index (χ0n) is 17.4. The molecule has 1 unspecified atom stereocenters. The highest BCUT2D eigenvalue weighted by Gasteiger charge is 2.13. The van der Waals surface area contributed by atoms with Crippen LogP contribution in [0, 0.1) is 11.3 Å². The predicted octanol–water partition coefficient (Wildman–Crippen LogP) is 3.83. The van der Waals surface area contributed by atoms with Crippen LogP contribution in [0.5, 0.6) is 5.75 Å². The van der Waals surface area contributed by atoms with E-state index in [2.05, 4.69) is 28.8 Å². The van der Waals surface area contributed by atoms with E-state index in [-0.39, 0.29) is 23.3 Å². The first-order valence-corrected chi connectivity index (χ1v) is 10.5. The Bertz CT molecular complexity index is 1010. The normalized spacial score (nSPS) is 11.5. The van der Waals surface area contributed by atoms with Gasteiger partial charge in [0.1, 0.15) is 5.75 Å². The summed E-state index contributed by atoms with van der Waals surface area (Å²) in [7, 11) is 0. The van der Waals surface area contributed by atoms with Gasteiger partial charge in [0, 0.05) is 12.6 Å². The van der Waals surface area contributed by atoms with E-state index in [1.807, 2.05) is 42.5 Å². The van der Waals surface area contributed by atoms with E-state index in [0.717, 1.165) is 31.4 Å². The Balaban J connectivity index is 1.56. The topological polar surface area (TPSA) is 85.2 Å². The molecule has 0 spiro atoms. The van der Waals surface area contributed by atoms with Gasteiger partial charge in [0.05, 0.1) is 17.2 Å². The lowest BCUT2D eigenvalue weighted by atomic mass is 10.0. The van der Waals surface area contributed by atoms with Crippen molar-refractivity contribution in [2.24, 2.45) is 0 Å². The first kappa shape index (κ1) is 22.1. The van der Waals surface area contributed by atoms with Gasteiger partial charge in [-0.05, 0) is 61.2 Å². The van der Waals surface area contributed by atoms with Gasteiger partial charge in [0.15, 0.2) is 0 Å². The first-order chi connectivity index (χ1) is 15.2. The number of nitrogens with one attached hydrogen (secondary N) is 2. The van der Waals surface area contributed by atoms with Crippen LogP contribution in [0.15, 0.2) is 78.9 Å². The molecule has 158 valence electrons. The molecule has 0 heterocycles. The smallest absolute Gasteiger partial charge is 0.255 e. The van der Waals surface area contributed by atoms with Crippen molar-refractivity contribution in [1.29, 1.82) is 5.26 Å². The number of rotatable bonds is 10. The molecule has 31 heavy (non-hydrogen) atoms. The first-order valence-electron chi connectivity index (χ1n) is 10.5. The lowest BCUT2D eigenvalue weighted by molar-refractivity contribution is 0.0949. The van der Waals surface area contributed by atoms with Crippen LogP contribution in [-0.2, 0) is 12.8 Å². The fraction of sp³-hybridized carbons (Fsp3) is 0.231. The maximum atomic E-state index is 12.4. The summed E-state index contributed by atoms with van der Waals surface area (Å²) in [6, 6.07) is 26.8. The van der Waals surface area contributed by atoms with Crippen LogP contribution in [0.3, 0.4) is 0 Å². The summed E-state index contributed by atoms with van der Waals surface area (Å²) in [6.45, 7) is 1.32. The summed E-state index contributed by atoms with van der Waals surface area (Å²) in [5, 5.41) is 25.4. The van der Waals surface area contributed by atoms with Crippen LogP contribution >= 0.6 is 0 Å². The third kappa shape index (κ3) is 6.98. The highest BCUT2D eigenvalue weighted by molar-refractivity contribution is 5.96. The van der Waals surface area contributed by atoms with Gasteiger partial charge in [-0.1, -0.05) is 54.6 Å². The zero-order valence-corrected chi connectivity index (χ0v) is 17.4. The highest BCUT2D eigenvalue weighted by Crippen LogP contribution is 2.15. The second-order valence-corrected chi connectivity index (χ2v) is 7.46. The molecular weight excluding hydrogens is 386 g/mol. The average molecular weight is 414 g/mol. The molecule has 5 nitrogen and oxygen atoms in total. The molecule has 0 fully saturated rings. The van der Waals surface area contributed by atoms with Crippen molar-refractivity contribution < 1.29 is 9.90 Å². The summed E-state index contributed by atoms with van der Waals surface area (Å²) < 4.78 is 0. The van der Waals surface area contributed by atoms with Crippen molar-refractivity contribution in [3.63, 3.8) is 0 Å². The summed E-state index contributed by atoms with van der Waals surface area (Å²) in [5.74, 6) is -0.297. The largest absolute Gasteiger partial charge is 0.507 e. The molecule has 5 heteroatoms. The fourth-order valence-corrected chi connectivity index (χ4v) is 3.46. The number of benzene rings is 3. The van der Waals surface area contributed by atoms with Crippen molar-refractivity contribution in [1.82, 2.24) is 10.6 Å². The molecule has 0 saturated heterocycles. The van der Waals surface area contributed by atoms with Gasteiger partial charge in [-0.3, -0.25) is 4.79 Å². The third-order valence-corrected chi connectivity index (χ3v) is 5.18. The monoisotopic (exact) mass is 413 g/mol. The fourth-order valence-electron chi connectivity index (χ4n) is 3.46. The van der Waals surface area contributed by atoms with E-state index in [0.29, 0.717) is 12.1 Å². The number of nitriles is 1. The molecule has 1 atom stereocenters. The number of amides is 1. The molecule has 0 bridgehead atoms. The Morgan fingerprint density at radius 1 is 0.903 bits per heavy atom. The van der Waals surface area contributed by atoms with Crippen molar-refractivity contribution in [2.75, 3.05) is 13.1 Å². The molecule has 0 saturated carbocycles. The molecule has 0 aliphatic carbocycles. The SMILES string of the molecule is N#Cc1ccc(CC(CCNC(=O)c2ccccc2O)NCCc2ccccc2)cc1. The predicted molar refractivity (Wildman–Crippen MR) is 122 cm³/mol. The molecule has 0 aliphatic heterocycles. The van der Waals surface area contributed by atoms with E-state index < -0.39 is 0 Å². The standard InChI is InChI=1S/C26H27N3O2/c27-19-22-12-10-21(11-13-22)18-23(28-16-14-20-6-2-1-3-7-20)15-17-29-26(31)24-8-4-5-9-25(24)30/h1-13,23,28,30H,14-18H2,(H,29,31). The van der Waals surface area contributed by atoms with E-state index in [4.69, 9.17) is 5.26 Å². The quantitative estimate of drug-likeness (QED) is 0.472. The number of hydrogen-bond acceptors (Lipinski definition) is 4. The molecule has 3 aromatic rings. The maximum Gasteiger partial charge on any atom is 0.255 e. The van der Waals surface area contributed by atoms with E-state index in [1.165, 1.54) is 11.6 Å². The van der Waals surface area contributed by atoms with Gasteiger partial charge >= 0.3 is 0 Å². The number of carbonyl (C=O) groups is 1. The molecule has 3 aromatic carbocycles. The number of aromatic hydroxyl groups is 1. The highest BCUT2D eigenvalue weighted by atomic mass is 16.3. The Morgan fingerprint density at radius 2 is 1.61 bits per heavy atom. The third-order valence-electron chi connectivity index (χ3n) is 5.18. The Hall–Kier alpha value is -3.62. The Labute approximate surface area is 183 Å². The molecule has 3 rings (SSSR count). The van der Waals surface area contributed by atoms with Gasteiger partial charge < -0.3 is 15.7 Å². The summed E-state index contributed by atoms with van der Waals surface area (Å²) >= 11 is 0. The van der Waals surface area contributed by atoms with Crippen LogP contribution in [0.25, 0.3) is 0 Å². The molecular formula is C26H27N3O2. The molecule has 3 N–H and O–H groups in total. The molecule has 0 aromatic heterocycles. The van der Waals surface area contributed by atoms with Gasteiger partial charge in [0.2, 0.25) is 0 Å². The van der Waals surface area contributed by atoms with Crippen LogP contribution in [-0.4, -0.2) is 30.1 Å². The summed E-state index contributed by atoms with van der Waals surface area (Å²) in [4.78, 5) is 12.4. The minimum atomic E-state index is -0.278. The van der Waals surface area contributed by atoms with Crippen molar-refractivity contribution in [2.45, 2.75) is 25.3 Å². The van der Waals surface area contributed by atoms with E-state index >= 15 is 0 Å². The minimum Gasteiger partial charge on any atom is -0.507 e. The van der Waals surface area contributed by atoms with Crippen LogP contribution < -0.4 is 10.6 Å². The van der Waals surface area contributed by atoms with Crippen LogP contribution in [0.4, 0.5) is 0 Å². The van der Waals surface area contributed by atoms with Crippen LogP contribution in [0.2, 0.25) is 0 Å². The van der Waals surface area contributed by atoms with Crippen LogP contribution in [0.1, 0.15) is 33.5 Å². The summed E-state index contributed by atoms with van der Waals surface area (Å²) in [5.41, 5.74) is 3.35. The molecule has 0 radical (unpaired) electrons. The van der Waals surface area contributed by atoms with Gasteiger partial charge in [-0.25, -0.2) is 0 Å². The van der Waals surface area contributed by atoms with E-state index in [9.17, 15) is 9.90 Å². The maximum absolute atomic E-state index is 12.4. The lowest BCUT2D eigenvalue weighted by Crippen LogP contribution is -2.37. The molecule has 1 amide bonds. The zero-order chi connectivity index (χ0) is 21.9. The number of phenolic OH excluding ortho intramolecular Hbond substituents is 1. The Kier molecular flexibility index (Phi) is 8.21. The van der Waals surface area contributed by atoms with Crippen molar-refractivity contribution in [3.8, 4) is 11.8 Å². The average Bonchev–Trinajstić information content (AvgIpc) is 2.80. The number of hydrogen-bond donors (Lipinski definition) is 3. The molecule has 0 aliphatic rings. The minimum absolute atomic E-state index is 0.0184. The van der Waals surface area contributed by atoms with Gasteiger partial charge in [-0.15, -0.1) is 0 Å². The Morgan fingerprint density at radius 3 is 2.32 bits per heavy atom. The van der Waals surface area contributed by atoms with Crippen molar-refractivity contribution >= 4 is 5.91 Å². The summed E-state index contributed by atoms with van der Waals surface area (Å²) in [6.07, 6.45) is 2.47. The number of carbonyl (C=O) groups excluding carboxylic acids is 1. The van der Waals surface area contributed by atoms with Gasteiger partial charge in [-0.2, -0.15) is 5.26 Å². The second kappa shape index (κ2) is 11.5. The second-order valence-electron chi connectivity index (χ2n) is 7.46. The van der Waals surface area contributed by atoms with Crippen molar-refractivity contribution in [3.05, 3.63) is 101 Å². The lowest BCUT2D eigenvalue weighted by Gasteiger charge is -2.20. The number of para-hydroxylation sites is 1. The van der Waals surface area contributed by atoms with Gasteiger partial charge in [0.25, 0.3) is 5.91 Å².